The van der Waals surface area contributed by atoms with E-state index in [9.17, 15) is 19.2 Å². The molecule has 166 valence electrons. The van der Waals surface area contributed by atoms with E-state index in [4.69, 9.17) is 20.4 Å². The minimum Gasteiger partial charge on any atom is -0.481 e. The Morgan fingerprint density at radius 3 is 2.87 bits per heavy atom. The monoisotopic (exact) mass is 469 g/mol. The summed E-state index contributed by atoms with van der Waals surface area (Å²) in [6.45, 7) is -0.0733. The number of carboxylic acids is 1. The van der Waals surface area contributed by atoms with E-state index in [1.54, 1.807) is 6.08 Å². The van der Waals surface area contributed by atoms with E-state index >= 15 is 0 Å². The van der Waals surface area contributed by atoms with Crippen molar-refractivity contribution in [3.05, 3.63) is 22.8 Å². The third-order valence-corrected chi connectivity index (χ3v) is 6.13. The van der Waals surface area contributed by atoms with Gasteiger partial charge in [-0.2, -0.15) is 0 Å². The number of carboxylic acid groups (broad SMARTS) is 1. The standard InChI is InChI=1S/C17H19N5O7S2/c1-28-21-11(8-7-31-17(18)19-8)13(25)20-12-14(26)22-9(4-6-30-15(12)22)16(27)29-5-2-3-10(23)24/h4,7,12,15H,2-3,5-6H2,1H3,(H2,18,19)(H,20,25)(H,23,24)/t12?,15-/m0/s1. The van der Waals surface area contributed by atoms with Gasteiger partial charge in [0.1, 0.15) is 29.9 Å². The number of oxime groups is 1. The number of nitrogens with one attached hydrogen (secondary N) is 1. The second kappa shape index (κ2) is 9.78. The molecule has 2 aliphatic rings. The van der Waals surface area contributed by atoms with Crippen LogP contribution in [-0.4, -0.2) is 75.3 Å². The molecule has 14 heteroatoms. The Bertz CT molecular complexity index is 960. The normalized spacial score (nSPS) is 20.3. The summed E-state index contributed by atoms with van der Waals surface area (Å²) in [6, 6.07) is -0.876. The number of hydrogen-bond donors (Lipinski definition) is 3. The summed E-state index contributed by atoms with van der Waals surface area (Å²) in [5.74, 6) is -2.42. The van der Waals surface area contributed by atoms with Crippen LogP contribution in [0.4, 0.5) is 5.13 Å². The number of hydrogen-bond acceptors (Lipinski definition) is 11. The minimum absolute atomic E-state index is 0.0733. The maximum atomic E-state index is 12.7. The van der Waals surface area contributed by atoms with Crippen LogP contribution >= 0.6 is 23.1 Å². The summed E-state index contributed by atoms with van der Waals surface area (Å²) >= 11 is 2.50. The fraction of sp³-hybridized carbons (Fsp3) is 0.412. The van der Waals surface area contributed by atoms with Crippen molar-refractivity contribution >= 4 is 57.7 Å². The van der Waals surface area contributed by atoms with Crippen LogP contribution in [0, 0.1) is 0 Å². The number of carbonyl (C=O) groups is 4. The summed E-state index contributed by atoms with van der Waals surface area (Å²) in [5, 5.41) is 16.2. The number of aromatic nitrogens is 1. The van der Waals surface area contributed by atoms with Gasteiger partial charge in [0.05, 0.1) is 6.61 Å². The van der Waals surface area contributed by atoms with E-state index < -0.39 is 35.2 Å². The highest BCUT2D eigenvalue weighted by Gasteiger charge is 2.53. The lowest BCUT2D eigenvalue weighted by Crippen LogP contribution is -2.70. The van der Waals surface area contributed by atoms with Gasteiger partial charge < -0.3 is 25.7 Å². The largest absolute Gasteiger partial charge is 0.481 e. The lowest BCUT2D eigenvalue weighted by Gasteiger charge is -2.48. The number of thiazole rings is 1. The molecule has 12 nitrogen and oxygen atoms in total. The number of ether oxygens (including phenoxy) is 1. The molecule has 2 aliphatic heterocycles. The molecular weight excluding hydrogens is 450 g/mol. The Morgan fingerprint density at radius 2 is 2.23 bits per heavy atom. The number of amides is 2. The fourth-order valence-electron chi connectivity index (χ4n) is 2.89. The predicted molar refractivity (Wildman–Crippen MR) is 111 cm³/mol. The predicted octanol–water partition coefficient (Wildman–Crippen LogP) is -0.232. The second-order valence-corrected chi connectivity index (χ2v) is 8.34. The lowest BCUT2D eigenvalue weighted by molar-refractivity contribution is -0.152. The Hall–Kier alpha value is -3.13. The number of aliphatic carboxylic acids is 1. The van der Waals surface area contributed by atoms with Gasteiger partial charge in [-0.25, -0.2) is 9.78 Å². The molecule has 1 fully saturated rings. The summed E-state index contributed by atoms with van der Waals surface area (Å²) in [5.41, 5.74) is 5.76. The van der Waals surface area contributed by atoms with Gasteiger partial charge in [-0.1, -0.05) is 5.16 Å². The highest BCUT2D eigenvalue weighted by Crippen LogP contribution is 2.37. The first-order valence-electron chi connectivity index (χ1n) is 9.00. The number of thioether (sulfide) groups is 1. The van der Waals surface area contributed by atoms with Crippen LogP contribution < -0.4 is 11.1 Å². The molecule has 0 radical (unpaired) electrons. The first kappa shape index (κ1) is 22.6. The van der Waals surface area contributed by atoms with Gasteiger partial charge >= 0.3 is 11.9 Å². The van der Waals surface area contributed by atoms with Crippen molar-refractivity contribution in [2.24, 2.45) is 5.16 Å². The first-order chi connectivity index (χ1) is 14.8. The van der Waals surface area contributed by atoms with Crippen LogP contribution in [0.5, 0.6) is 0 Å². The SMILES string of the molecule is CON=C(C(=O)NC1C(=O)N2C(C(=O)OCCCC(=O)O)=CCS[C@@H]12)c1csc(N)n1. The van der Waals surface area contributed by atoms with Crippen LogP contribution in [0.3, 0.4) is 0 Å². The van der Waals surface area contributed by atoms with Crippen molar-refractivity contribution in [3.63, 3.8) is 0 Å². The Kier molecular flexibility index (Phi) is 7.12. The molecule has 1 aromatic rings. The number of fused-ring (bicyclic) bond motifs is 1. The molecule has 3 rings (SSSR count). The number of nitrogen functional groups attached to an aromatic ring is 1. The molecule has 2 amide bonds. The third-order valence-electron chi connectivity index (χ3n) is 4.27. The topological polar surface area (TPSA) is 174 Å². The summed E-state index contributed by atoms with van der Waals surface area (Å²) in [6.07, 6.45) is 1.60. The molecule has 1 aromatic heterocycles. The van der Waals surface area contributed by atoms with Crippen LogP contribution in [0.15, 0.2) is 22.3 Å². The summed E-state index contributed by atoms with van der Waals surface area (Å²) in [7, 11) is 1.27. The van der Waals surface area contributed by atoms with Gasteiger partial charge in [0.25, 0.3) is 11.8 Å². The van der Waals surface area contributed by atoms with Gasteiger partial charge in [-0.3, -0.25) is 19.3 Å². The number of rotatable bonds is 9. The Morgan fingerprint density at radius 1 is 1.45 bits per heavy atom. The number of β-lactam (4-membered cyclic amide) rings is 1. The van der Waals surface area contributed by atoms with E-state index in [2.05, 4.69) is 15.5 Å². The number of nitrogens with zero attached hydrogens (tertiary/aromatic N) is 3. The van der Waals surface area contributed by atoms with Crippen molar-refractivity contribution in [2.75, 3.05) is 25.2 Å². The van der Waals surface area contributed by atoms with Crippen LogP contribution in [0.1, 0.15) is 18.5 Å². The van der Waals surface area contributed by atoms with E-state index in [0.29, 0.717) is 5.75 Å². The fourth-order valence-corrected chi connectivity index (χ4v) is 4.64. The average molecular weight is 470 g/mol. The molecule has 0 aromatic carbocycles. The molecule has 4 N–H and O–H groups in total. The highest BCUT2D eigenvalue weighted by atomic mass is 32.2. The van der Waals surface area contributed by atoms with Gasteiger partial charge in [0.2, 0.25) is 0 Å². The lowest BCUT2D eigenvalue weighted by atomic mass is 10.0. The third kappa shape index (κ3) is 4.96. The molecule has 3 heterocycles. The van der Waals surface area contributed by atoms with E-state index in [-0.39, 0.29) is 41.7 Å². The smallest absolute Gasteiger partial charge is 0.354 e. The molecule has 0 bridgehead atoms. The van der Waals surface area contributed by atoms with Gasteiger partial charge in [0.15, 0.2) is 10.8 Å². The summed E-state index contributed by atoms with van der Waals surface area (Å²) < 4.78 is 5.06. The van der Waals surface area contributed by atoms with Gasteiger partial charge in [-0.15, -0.1) is 23.1 Å². The van der Waals surface area contributed by atoms with Gasteiger partial charge in [-0.05, 0) is 12.5 Å². The number of anilines is 1. The second-order valence-electron chi connectivity index (χ2n) is 6.30. The zero-order valence-electron chi connectivity index (χ0n) is 16.3. The highest BCUT2D eigenvalue weighted by molar-refractivity contribution is 8.00. The van der Waals surface area contributed by atoms with Gasteiger partial charge in [0, 0.05) is 17.6 Å². The van der Waals surface area contributed by atoms with Crippen molar-refractivity contribution in [1.29, 1.82) is 0 Å². The van der Waals surface area contributed by atoms with E-state index in [1.807, 2.05) is 0 Å². The Balaban J connectivity index is 1.62. The molecule has 0 aliphatic carbocycles. The molecule has 31 heavy (non-hydrogen) atoms. The number of esters is 1. The Labute approximate surface area is 184 Å². The average Bonchev–Trinajstić information content (AvgIpc) is 3.17. The maximum absolute atomic E-state index is 12.7. The van der Waals surface area contributed by atoms with Crippen molar-refractivity contribution in [1.82, 2.24) is 15.2 Å². The molecule has 0 saturated carbocycles. The van der Waals surface area contributed by atoms with Crippen LogP contribution in [0.25, 0.3) is 0 Å². The zero-order valence-corrected chi connectivity index (χ0v) is 17.9. The number of carbonyl (C=O) groups excluding carboxylic acids is 3. The van der Waals surface area contributed by atoms with Crippen LogP contribution in [-0.2, 0) is 28.8 Å². The zero-order chi connectivity index (χ0) is 22.5. The maximum Gasteiger partial charge on any atom is 0.354 e. The van der Waals surface area contributed by atoms with E-state index in [0.717, 1.165) is 11.3 Å². The minimum atomic E-state index is -0.988. The molecular formula is C17H19N5O7S2. The molecule has 1 saturated heterocycles. The van der Waals surface area contributed by atoms with Crippen molar-refractivity contribution in [2.45, 2.75) is 24.3 Å². The van der Waals surface area contributed by atoms with Crippen molar-refractivity contribution < 1.29 is 33.9 Å². The molecule has 1 unspecified atom stereocenters. The quantitative estimate of drug-likeness (QED) is 0.144. The van der Waals surface area contributed by atoms with Crippen LogP contribution in [0.2, 0.25) is 0 Å². The van der Waals surface area contributed by atoms with Crippen molar-refractivity contribution in [3.8, 4) is 0 Å². The molecule has 0 spiro atoms. The number of nitrogens with two attached hydrogens (primary N) is 1. The first-order valence-corrected chi connectivity index (χ1v) is 10.9. The summed E-state index contributed by atoms with van der Waals surface area (Å²) in [4.78, 5) is 58.1. The van der Waals surface area contributed by atoms with E-state index in [1.165, 1.54) is 29.2 Å². The molecule has 2 atom stereocenters.